The van der Waals surface area contributed by atoms with E-state index in [9.17, 15) is 9.90 Å². The third-order valence-electron chi connectivity index (χ3n) is 4.32. The number of nitrogens with one attached hydrogen (secondary N) is 2. The van der Waals surface area contributed by atoms with E-state index in [1.807, 2.05) is 42.5 Å². The van der Waals surface area contributed by atoms with E-state index < -0.39 is 0 Å². The van der Waals surface area contributed by atoms with Crippen molar-refractivity contribution < 1.29 is 9.90 Å². The lowest BCUT2D eigenvalue weighted by Crippen LogP contribution is -2.45. The lowest BCUT2D eigenvalue weighted by atomic mass is 10.1. The van der Waals surface area contributed by atoms with Crippen LogP contribution in [0.3, 0.4) is 0 Å². The molecule has 0 fully saturated rings. The van der Waals surface area contributed by atoms with Gasteiger partial charge >= 0.3 is 6.03 Å². The summed E-state index contributed by atoms with van der Waals surface area (Å²) in [5, 5.41) is 15.4. The largest absolute Gasteiger partial charge is 0.394 e. The summed E-state index contributed by atoms with van der Waals surface area (Å²) in [5.41, 5.74) is 3.60. The van der Waals surface area contributed by atoms with E-state index in [4.69, 9.17) is 0 Å². The van der Waals surface area contributed by atoms with Gasteiger partial charge in [0.05, 0.1) is 18.7 Å². The molecular weight excluding hydrogens is 288 g/mol. The fourth-order valence-electron chi connectivity index (χ4n) is 3.15. The van der Waals surface area contributed by atoms with Crippen LogP contribution in [0.5, 0.6) is 0 Å². The van der Waals surface area contributed by atoms with Crippen molar-refractivity contribution in [1.29, 1.82) is 0 Å². The Morgan fingerprint density at radius 3 is 2.65 bits per heavy atom. The number of urea groups is 1. The first kappa shape index (κ1) is 15.6. The highest BCUT2D eigenvalue weighted by molar-refractivity contribution is 5.75. The molecule has 2 aromatic carbocycles. The van der Waals surface area contributed by atoms with Crippen molar-refractivity contribution in [1.82, 2.24) is 10.6 Å². The maximum absolute atomic E-state index is 12.2. The zero-order valence-electron chi connectivity index (χ0n) is 13.0. The minimum absolute atomic E-state index is 0.0577. The number of rotatable bonds is 5. The van der Waals surface area contributed by atoms with E-state index in [1.54, 1.807) is 0 Å². The molecule has 0 saturated carbocycles. The van der Waals surface area contributed by atoms with Gasteiger partial charge in [-0.1, -0.05) is 54.6 Å². The van der Waals surface area contributed by atoms with Gasteiger partial charge in [0.1, 0.15) is 0 Å². The fourth-order valence-corrected chi connectivity index (χ4v) is 3.15. The summed E-state index contributed by atoms with van der Waals surface area (Å²) in [5.74, 6) is 0. The number of hydrogen-bond acceptors (Lipinski definition) is 2. The average Bonchev–Trinajstić information content (AvgIpc) is 2.98. The van der Waals surface area contributed by atoms with Crippen LogP contribution in [-0.4, -0.2) is 23.8 Å². The predicted molar refractivity (Wildman–Crippen MR) is 90.2 cm³/mol. The molecule has 0 heterocycles. The standard InChI is InChI=1S/C19H22N2O2/c22-13-16(12-14-6-2-1-3-7-14)20-19(23)21-18-11-10-15-8-4-5-9-17(15)18/h1-9,16,18,22H,10-13H2,(H2,20,21,23)/t16-,18-/m0/s1. The first-order valence-corrected chi connectivity index (χ1v) is 8.06. The molecule has 2 amide bonds. The van der Waals surface area contributed by atoms with Crippen molar-refractivity contribution in [3.63, 3.8) is 0 Å². The molecule has 0 aromatic heterocycles. The van der Waals surface area contributed by atoms with E-state index in [1.165, 1.54) is 11.1 Å². The van der Waals surface area contributed by atoms with Gasteiger partial charge in [-0.15, -0.1) is 0 Å². The zero-order chi connectivity index (χ0) is 16.1. The molecule has 120 valence electrons. The quantitative estimate of drug-likeness (QED) is 0.795. The van der Waals surface area contributed by atoms with Crippen LogP contribution in [-0.2, 0) is 12.8 Å². The summed E-state index contributed by atoms with van der Waals surface area (Å²) in [6.45, 7) is -0.0798. The van der Waals surface area contributed by atoms with Crippen LogP contribution in [0.15, 0.2) is 54.6 Å². The summed E-state index contributed by atoms with van der Waals surface area (Å²) in [7, 11) is 0. The molecule has 23 heavy (non-hydrogen) atoms. The van der Waals surface area contributed by atoms with E-state index in [0.717, 1.165) is 18.4 Å². The van der Waals surface area contributed by atoms with Crippen LogP contribution in [0.2, 0.25) is 0 Å². The highest BCUT2D eigenvalue weighted by Crippen LogP contribution is 2.30. The fraction of sp³-hybridized carbons (Fsp3) is 0.316. The number of hydrogen-bond donors (Lipinski definition) is 3. The summed E-state index contributed by atoms with van der Waals surface area (Å²) >= 11 is 0. The zero-order valence-corrected chi connectivity index (χ0v) is 13.0. The molecule has 0 spiro atoms. The predicted octanol–water partition coefficient (Wildman–Crippen LogP) is 2.58. The van der Waals surface area contributed by atoms with Gasteiger partial charge in [0.2, 0.25) is 0 Å². The van der Waals surface area contributed by atoms with Crippen molar-refractivity contribution in [3.8, 4) is 0 Å². The topological polar surface area (TPSA) is 61.4 Å². The molecule has 2 atom stereocenters. The smallest absolute Gasteiger partial charge is 0.315 e. The molecule has 1 aliphatic rings. The molecule has 0 unspecified atom stereocenters. The Labute approximate surface area is 136 Å². The molecule has 0 aliphatic heterocycles. The highest BCUT2D eigenvalue weighted by atomic mass is 16.3. The number of aliphatic hydroxyl groups is 1. The highest BCUT2D eigenvalue weighted by Gasteiger charge is 2.24. The van der Waals surface area contributed by atoms with Crippen molar-refractivity contribution in [3.05, 3.63) is 71.3 Å². The number of fused-ring (bicyclic) bond motifs is 1. The van der Waals surface area contributed by atoms with E-state index in [0.29, 0.717) is 6.42 Å². The minimum Gasteiger partial charge on any atom is -0.394 e. The van der Waals surface area contributed by atoms with Crippen LogP contribution in [0, 0.1) is 0 Å². The Morgan fingerprint density at radius 1 is 1.13 bits per heavy atom. The summed E-state index contributed by atoms with van der Waals surface area (Å²) in [4.78, 5) is 12.2. The van der Waals surface area contributed by atoms with Crippen LogP contribution in [0.1, 0.15) is 29.2 Å². The van der Waals surface area contributed by atoms with Gasteiger partial charge in [-0.2, -0.15) is 0 Å². The van der Waals surface area contributed by atoms with Gasteiger partial charge in [0, 0.05) is 0 Å². The molecule has 1 aliphatic carbocycles. The number of amides is 2. The Hall–Kier alpha value is -2.33. The Bertz CT molecular complexity index is 657. The van der Waals surface area contributed by atoms with Gasteiger partial charge in [0.25, 0.3) is 0 Å². The molecule has 2 aromatic rings. The maximum atomic E-state index is 12.2. The molecule has 3 rings (SSSR count). The van der Waals surface area contributed by atoms with Crippen molar-refractivity contribution >= 4 is 6.03 Å². The molecule has 0 saturated heterocycles. The number of carbonyl (C=O) groups is 1. The SMILES string of the molecule is O=C(N[C@H](CO)Cc1ccccc1)N[C@H]1CCc2ccccc21. The first-order chi connectivity index (χ1) is 11.3. The molecule has 4 heteroatoms. The van der Waals surface area contributed by atoms with Gasteiger partial charge in [-0.05, 0) is 36.0 Å². The van der Waals surface area contributed by atoms with Gasteiger partial charge < -0.3 is 15.7 Å². The molecule has 0 bridgehead atoms. The van der Waals surface area contributed by atoms with Crippen molar-refractivity contribution in [2.24, 2.45) is 0 Å². The summed E-state index contributed by atoms with van der Waals surface area (Å²) in [6.07, 6.45) is 2.54. The third kappa shape index (κ3) is 3.90. The Morgan fingerprint density at radius 2 is 1.87 bits per heavy atom. The molecule has 3 N–H and O–H groups in total. The van der Waals surface area contributed by atoms with Crippen LogP contribution >= 0.6 is 0 Å². The van der Waals surface area contributed by atoms with Crippen molar-refractivity contribution in [2.75, 3.05) is 6.61 Å². The average molecular weight is 310 g/mol. The van der Waals surface area contributed by atoms with Gasteiger partial charge in [-0.25, -0.2) is 4.79 Å². The monoisotopic (exact) mass is 310 g/mol. The number of aryl methyl sites for hydroxylation is 1. The second-order valence-corrected chi connectivity index (χ2v) is 5.98. The van der Waals surface area contributed by atoms with Crippen LogP contribution < -0.4 is 10.6 Å². The second-order valence-electron chi connectivity index (χ2n) is 5.98. The lowest BCUT2D eigenvalue weighted by Gasteiger charge is -2.20. The number of benzene rings is 2. The Balaban J connectivity index is 1.56. The molecular formula is C19H22N2O2. The second kappa shape index (κ2) is 7.29. The van der Waals surface area contributed by atoms with E-state index in [-0.39, 0.29) is 24.7 Å². The first-order valence-electron chi connectivity index (χ1n) is 8.06. The normalized spacial score (nSPS) is 17.3. The number of aliphatic hydroxyl groups excluding tert-OH is 1. The van der Waals surface area contributed by atoms with Crippen LogP contribution in [0.4, 0.5) is 4.79 Å². The minimum atomic E-state index is -0.283. The third-order valence-corrected chi connectivity index (χ3v) is 4.32. The lowest BCUT2D eigenvalue weighted by molar-refractivity contribution is 0.213. The maximum Gasteiger partial charge on any atom is 0.315 e. The van der Waals surface area contributed by atoms with Gasteiger partial charge in [-0.3, -0.25) is 0 Å². The molecule has 4 nitrogen and oxygen atoms in total. The summed E-state index contributed by atoms with van der Waals surface area (Å²) < 4.78 is 0. The van der Waals surface area contributed by atoms with E-state index >= 15 is 0 Å². The van der Waals surface area contributed by atoms with Gasteiger partial charge in [0.15, 0.2) is 0 Å². The van der Waals surface area contributed by atoms with E-state index in [2.05, 4.69) is 22.8 Å². The Kier molecular flexibility index (Phi) is 4.93. The van der Waals surface area contributed by atoms with Crippen LogP contribution in [0.25, 0.3) is 0 Å². The summed E-state index contributed by atoms with van der Waals surface area (Å²) in [6, 6.07) is 17.6. The number of carbonyl (C=O) groups excluding carboxylic acids is 1. The van der Waals surface area contributed by atoms with Crippen molar-refractivity contribution in [2.45, 2.75) is 31.3 Å². The molecule has 0 radical (unpaired) electrons.